The van der Waals surface area contributed by atoms with Crippen LogP contribution in [0.2, 0.25) is 0 Å². The van der Waals surface area contributed by atoms with E-state index in [0.717, 1.165) is 28.5 Å². The highest BCUT2D eigenvalue weighted by Crippen LogP contribution is 2.36. The van der Waals surface area contributed by atoms with E-state index in [2.05, 4.69) is 19.1 Å². The van der Waals surface area contributed by atoms with Gasteiger partial charge in [0.1, 0.15) is 34.3 Å². The zero-order chi connectivity index (χ0) is 38.7. The van der Waals surface area contributed by atoms with Gasteiger partial charge in [-0.1, -0.05) is 36.4 Å². The van der Waals surface area contributed by atoms with Crippen molar-refractivity contribution in [2.45, 2.75) is 64.0 Å². The lowest BCUT2D eigenvalue weighted by Gasteiger charge is -2.24. The molecule has 12 heteroatoms. The van der Waals surface area contributed by atoms with Crippen LogP contribution in [0.15, 0.2) is 102 Å². The first kappa shape index (κ1) is 39.6. The SMILES string of the molecule is CC(C)(C)S(=O)N=Cc1ccc2cccnc2c1-c1cc(F)cc(F)c1.CC(NS(=O)C(C)(C)C)c1ccc2cccnc2c1-c1cc(F)cc(F)c1. The quantitative estimate of drug-likeness (QED) is 0.130. The number of nitrogens with zero attached hydrogens (tertiary/aromatic N) is 3. The predicted octanol–water partition coefficient (Wildman–Crippen LogP) is 10.4. The third-order valence-corrected chi connectivity index (χ3v) is 11.1. The normalized spacial score (nSPS) is 13.9. The molecule has 0 amide bonds. The van der Waals surface area contributed by atoms with Crippen LogP contribution in [0, 0.1) is 23.3 Å². The number of benzene rings is 4. The number of halogens is 4. The molecule has 3 unspecified atom stereocenters. The molecule has 0 aliphatic rings. The fourth-order valence-corrected chi connectivity index (χ4v) is 6.78. The molecule has 276 valence electrons. The fraction of sp³-hybridized carbons (Fsp3) is 0.244. The van der Waals surface area contributed by atoms with Crippen LogP contribution in [0.1, 0.15) is 65.6 Å². The molecule has 2 heterocycles. The number of aromatic nitrogens is 2. The summed E-state index contributed by atoms with van der Waals surface area (Å²) in [6.45, 7) is 13.0. The molecule has 4 aromatic carbocycles. The van der Waals surface area contributed by atoms with E-state index in [4.69, 9.17) is 0 Å². The number of hydrogen-bond acceptors (Lipinski definition) is 4. The van der Waals surface area contributed by atoms with Crippen molar-refractivity contribution in [1.82, 2.24) is 14.7 Å². The molecule has 0 bridgehead atoms. The first-order chi connectivity index (χ1) is 24.9. The van der Waals surface area contributed by atoms with Gasteiger partial charge in [-0.2, -0.15) is 4.40 Å². The van der Waals surface area contributed by atoms with Gasteiger partial charge in [0.25, 0.3) is 0 Å². The highest BCUT2D eigenvalue weighted by atomic mass is 32.2. The Morgan fingerprint density at radius 1 is 0.660 bits per heavy atom. The van der Waals surface area contributed by atoms with Gasteiger partial charge in [0.2, 0.25) is 0 Å². The first-order valence-corrected chi connectivity index (χ1v) is 19.0. The summed E-state index contributed by atoms with van der Waals surface area (Å²) in [6, 6.07) is 21.3. The second-order valence-corrected chi connectivity index (χ2v) is 18.3. The van der Waals surface area contributed by atoms with Gasteiger partial charge in [0.15, 0.2) is 0 Å². The summed E-state index contributed by atoms with van der Waals surface area (Å²) >= 11 is 0. The number of fused-ring (bicyclic) bond motifs is 2. The Morgan fingerprint density at radius 2 is 1.13 bits per heavy atom. The molecule has 6 rings (SSSR count). The summed E-state index contributed by atoms with van der Waals surface area (Å²) in [5.74, 6) is -2.64. The summed E-state index contributed by atoms with van der Waals surface area (Å²) in [7, 11) is -2.74. The van der Waals surface area contributed by atoms with Gasteiger partial charge in [0.05, 0.1) is 31.5 Å². The van der Waals surface area contributed by atoms with E-state index in [-0.39, 0.29) is 6.04 Å². The van der Waals surface area contributed by atoms with Crippen LogP contribution >= 0.6 is 0 Å². The molecule has 0 aliphatic heterocycles. The minimum atomic E-state index is -1.44. The number of nitrogens with one attached hydrogen (secondary N) is 1. The summed E-state index contributed by atoms with van der Waals surface area (Å²) in [6.07, 6.45) is 4.75. The Balaban J connectivity index is 0.000000204. The van der Waals surface area contributed by atoms with Gasteiger partial charge in [0, 0.05) is 64.2 Å². The van der Waals surface area contributed by atoms with Crippen LogP contribution < -0.4 is 4.72 Å². The molecule has 1 N–H and O–H groups in total. The lowest BCUT2D eigenvalue weighted by molar-refractivity contribution is 0.583. The van der Waals surface area contributed by atoms with Gasteiger partial charge >= 0.3 is 0 Å². The van der Waals surface area contributed by atoms with Gasteiger partial charge in [-0.25, -0.2) is 30.7 Å². The van der Waals surface area contributed by atoms with Crippen LogP contribution in [-0.4, -0.2) is 34.1 Å². The monoisotopic (exact) mass is 760 g/mol. The highest BCUT2D eigenvalue weighted by molar-refractivity contribution is 7.85. The van der Waals surface area contributed by atoms with Crippen molar-refractivity contribution in [3.05, 3.63) is 132 Å². The zero-order valence-electron chi connectivity index (χ0n) is 30.4. The molecule has 53 heavy (non-hydrogen) atoms. The first-order valence-electron chi connectivity index (χ1n) is 16.7. The van der Waals surface area contributed by atoms with Crippen LogP contribution in [0.3, 0.4) is 0 Å². The third-order valence-electron chi connectivity index (χ3n) is 8.03. The molecule has 0 saturated carbocycles. The molecule has 3 atom stereocenters. The van der Waals surface area contributed by atoms with E-state index in [9.17, 15) is 26.0 Å². The van der Waals surface area contributed by atoms with E-state index in [1.54, 1.807) is 24.5 Å². The molecular formula is C41H40F4N4O2S2. The standard InChI is InChI=1S/C21H22F2N2OS.C20H18F2N2OS/c1-13(25-27(26)21(2,3)4)18-8-7-14-6-5-9-24-20(14)19(18)15-10-16(22)12-17(23)11-15;1-20(2,3)26(25)24-12-14-7-6-13-5-4-8-23-19(13)18(14)15-9-16(21)11-17(22)10-15/h5-13,25H,1-4H3;4-12H,1-3H3. The number of rotatable bonds is 7. The van der Waals surface area contributed by atoms with Crippen molar-refractivity contribution in [2.75, 3.05) is 0 Å². The largest absolute Gasteiger partial charge is 0.256 e. The Labute approximate surface area is 312 Å². The van der Waals surface area contributed by atoms with Gasteiger partial charge in [-0.15, -0.1) is 0 Å². The second-order valence-electron chi connectivity index (χ2n) is 14.3. The Kier molecular flexibility index (Phi) is 12.1. The summed E-state index contributed by atoms with van der Waals surface area (Å²) in [5.41, 5.74) is 4.58. The van der Waals surface area contributed by atoms with E-state index in [1.807, 2.05) is 84.9 Å². The molecule has 2 aromatic heterocycles. The Morgan fingerprint density at radius 3 is 1.62 bits per heavy atom. The van der Waals surface area contributed by atoms with Crippen LogP contribution in [0.5, 0.6) is 0 Å². The van der Waals surface area contributed by atoms with E-state index < -0.39 is 54.7 Å². The molecule has 0 fully saturated rings. The molecule has 0 saturated heterocycles. The lowest BCUT2D eigenvalue weighted by Crippen LogP contribution is -2.35. The predicted molar refractivity (Wildman–Crippen MR) is 209 cm³/mol. The van der Waals surface area contributed by atoms with Crippen LogP contribution in [-0.2, 0) is 22.0 Å². The molecule has 0 aliphatic carbocycles. The fourth-order valence-electron chi connectivity index (χ4n) is 5.46. The minimum Gasteiger partial charge on any atom is -0.256 e. The average Bonchev–Trinajstić information content (AvgIpc) is 3.08. The number of pyridine rings is 2. The molecular weight excluding hydrogens is 721 g/mol. The van der Waals surface area contributed by atoms with Gasteiger partial charge in [-0.3, -0.25) is 9.97 Å². The van der Waals surface area contributed by atoms with Crippen molar-refractivity contribution < 1.29 is 26.0 Å². The van der Waals surface area contributed by atoms with Gasteiger partial charge in [-0.05, 0) is 102 Å². The van der Waals surface area contributed by atoms with E-state index >= 15 is 0 Å². The van der Waals surface area contributed by atoms with Gasteiger partial charge < -0.3 is 0 Å². The van der Waals surface area contributed by atoms with E-state index in [0.29, 0.717) is 38.9 Å². The summed E-state index contributed by atoms with van der Waals surface area (Å²) in [4.78, 5) is 8.81. The lowest BCUT2D eigenvalue weighted by atomic mass is 9.93. The molecule has 6 aromatic rings. The summed E-state index contributed by atoms with van der Waals surface area (Å²) < 4.78 is 86.4. The topological polar surface area (TPSA) is 84.3 Å². The third kappa shape index (κ3) is 9.67. The van der Waals surface area contributed by atoms with E-state index in [1.165, 1.54) is 30.5 Å². The van der Waals surface area contributed by atoms with Crippen molar-refractivity contribution in [2.24, 2.45) is 4.40 Å². The van der Waals surface area contributed by atoms with Crippen molar-refractivity contribution in [1.29, 1.82) is 0 Å². The highest BCUT2D eigenvalue weighted by Gasteiger charge is 2.24. The molecule has 6 nitrogen and oxygen atoms in total. The van der Waals surface area contributed by atoms with Crippen LogP contribution in [0.25, 0.3) is 44.1 Å². The molecule has 0 radical (unpaired) electrons. The maximum atomic E-state index is 13.9. The van der Waals surface area contributed by atoms with Crippen molar-refractivity contribution in [3.63, 3.8) is 0 Å². The smallest absolute Gasteiger partial charge is 0.144 e. The van der Waals surface area contributed by atoms with Crippen molar-refractivity contribution in [3.8, 4) is 22.3 Å². The van der Waals surface area contributed by atoms with Crippen molar-refractivity contribution >= 4 is 50.0 Å². The zero-order valence-corrected chi connectivity index (χ0v) is 32.0. The maximum Gasteiger partial charge on any atom is 0.144 e. The minimum absolute atomic E-state index is 0.308. The Hall–Kier alpha value is -4.65. The molecule has 0 spiro atoms. The van der Waals surface area contributed by atoms with Crippen LogP contribution in [0.4, 0.5) is 17.6 Å². The summed E-state index contributed by atoms with van der Waals surface area (Å²) in [5, 5.41) is 1.70. The Bertz CT molecular complexity index is 2330. The average molecular weight is 761 g/mol. The number of hydrogen-bond donors (Lipinski definition) is 1. The maximum absolute atomic E-state index is 13.9. The second kappa shape index (κ2) is 16.2.